The van der Waals surface area contributed by atoms with Crippen LogP contribution in [0.15, 0.2) is 23.0 Å². The maximum atomic E-state index is 12.2. The summed E-state index contributed by atoms with van der Waals surface area (Å²) in [5.41, 5.74) is 2.05. The van der Waals surface area contributed by atoms with Gasteiger partial charge in [-0.2, -0.15) is 0 Å². The van der Waals surface area contributed by atoms with E-state index in [-0.39, 0.29) is 38.3 Å². The maximum Gasteiger partial charge on any atom is 0.280 e. The molecule has 0 radical (unpaired) electrons. The number of benzene rings is 1. The van der Waals surface area contributed by atoms with Gasteiger partial charge in [0.05, 0.1) is 11.0 Å². The van der Waals surface area contributed by atoms with Crippen LogP contribution in [0.4, 0.5) is 0 Å². The summed E-state index contributed by atoms with van der Waals surface area (Å²) < 4.78 is 1.61. The second-order valence-electron chi connectivity index (χ2n) is 4.85. The minimum Gasteiger partial charge on any atom is -0.396 e. The van der Waals surface area contributed by atoms with E-state index in [1.807, 2.05) is 39.0 Å². The van der Waals surface area contributed by atoms with Gasteiger partial charge in [-0.1, -0.05) is 19.9 Å². The van der Waals surface area contributed by atoms with Crippen LogP contribution in [0.25, 0.3) is 11.0 Å². The Morgan fingerprint density at radius 2 is 1.91 bits per heavy atom. The summed E-state index contributed by atoms with van der Waals surface area (Å²) in [5, 5.41) is 8.78. The summed E-state index contributed by atoms with van der Waals surface area (Å²) in [7, 11) is 0. The summed E-state index contributed by atoms with van der Waals surface area (Å²) >= 11 is 0. The van der Waals surface area contributed by atoms with E-state index in [4.69, 9.17) is 5.11 Å². The van der Waals surface area contributed by atoms with Crippen LogP contribution in [0, 0.1) is 6.92 Å². The fourth-order valence-corrected chi connectivity index (χ4v) is 2.23. The summed E-state index contributed by atoms with van der Waals surface area (Å²) in [6, 6.07) is 5.64. The molecule has 5 nitrogen and oxygen atoms in total. The normalized spacial score (nSPS) is 9.74. The molecule has 23 heavy (non-hydrogen) atoms. The van der Waals surface area contributed by atoms with E-state index in [9.17, 15) is 9.59 Å². The molecule has 0 aliphatic carbocycles. The number of rotatable bonds is 6. The number of carbonyl (C=O) groups is 1. The van der Waals surface area contributed by atoms with Gasteiger partial charge in [0.2, 0.25) is 0 Å². The molecule has 2 aromatic rings. The van der Waals surface area contributed by atoms with Gasteiger partial charge in [0, 0.05) is 33.6 Å². The number of unbranched alkanes of at least 4 members (excludes halogenated alkanes) is 2. The van der Waals surface area contributed by atoms with Crippen molar-refractivity contribution in [1.29, 1.82) is 0 Å². The van der Waals surface area contributed by atoms with E-state index < -0.39 is 0 Å². The first kappa shape index (κ1) is 21.7. The Bertz CT molecular complexity index is 683. The van der Waals surface area contributed by atoms with Crippen molar-refractivity contribution in [3.63, 3.8) is 0 Å². The molecule has 1 aromatic heterocycles. The molecule has 0 saturated carbocycles. The van der Waals surface area contributed by atoms with Gasteiger partial charge in [0.25, 0.3) is 5.56 Å². The van der Waals surface area contributed by atoms with E-state index in [0.717, 1.165) is 30.3 Å². The van der Waals surface area contributed by atoms with Gasteiger partial charge < -0.3 is 9.67 Å². The van der Waals surface area contributed by atoms with Crippen LogP contribution in [0.3, 0.4) is 0 Å². The molecule has 0 aliphatic heterocycles. The van der Waals surface area contributed by atoms with Crippen molar-refractivity contribution in [2.75, 3.05) is 6.61 Å². The molecule has 0 amide bonds. The Kier molecular flexibility index (Phi) is 10.6. The van der Waals surface area contributed by atoms with E-state index in [1.165, 1.54) is 0 Å². The Labute approximate surface area is 150 Å². The zero-order chi connectivity index (χ0) is 16.5. The van der Waals surface area contributed by atoms with Crippen LogP contribution < -0.4 is 5.56 Å². The largest absolute Gasteiger partial charge is 0.396 e. The van der Waals surface area contributed by atoms with E-state index in [2.05, 4.69) is 4.98 Å². The minimum absolute atomic E-state index is 0. The number of aliphatic hydroxyl groups is 1. The molecule has 6 heteroatoms. The summed E-state index contributed by atoms with van der Waals surface area (Å²) in [6.45, 7) is 6.64. The zero-order valence-corrected chi connectivity index (χ0v) is 15.4. The summed E-state index contributed by atoms with van der Waals surface area (Å²) in [5.74, 6) is 0. The van der Waals surface area contributed by atoms with Crippen LogP contribution in [0.1, 0.15) is 49.2 Å². The molecular weight excluding hydrogens is 387 g/mol. The summed E-state index contributed by atoms with van der Waals surface area (Å²) in [4.78, 5) is 27.3. The third kappa shape index (κ3) is 5.65. The topological polar surface area (TPSA) is 72.2 Å². The molecule has 0 fully saturated rings. The van der Waals surface area contributed by atoms with Gasteiger partial charge in [-0.15, -0.1) is 0 Å². The smallest absolute Gasteiger partial charge is 0.280 e. The van der Waals surface area contributed by atoms with Crippen LogP contribution in [-0.2, 0) is 27.0 Å². The van der Waals surface area contributed by atoms with Crippen molar-refractivity contribution in [1.82, 2.24) is 9.55 Å². The van der Waals surface area contributed by atoms with Crippen molar-refractivity contribution in [2.24, 2.45) is 0 Å². The molecular formula is C17H24N2O3Pd. The summed E-state index contributed by atoms with van der Waals surface area (Å²) in [6.07, 6.45) is 2.85. The van der Waals surface area contributed by atoms with Gasteiger partial charge in [-0.3, -0.25) is 9.59 Å². The molecule has 0 unspecified atom stereocenters. The average Bonchev–Trinajstić information content (AvgIpc) is 2.55. The zero-order valence-electron chi connectivity index (χ0n) is 13.8. The number of hydrogen-bond donors (Lipinski definition) is 1. The predicted molar refractivity (Wildman–Crippen MR) is 88.4 cm³/mol. The first-order valence-corrected chi connectivity index (χ1v) is 7.74. The van der Waals surface area contributed by atoms with Crippen LogP contribution in [-0.4, -0.2) is 27.6 Å². The monoisotopic (exact) mass is 410 g/mol. The maximum absolute atomic E-state index is 12.2. The average molecular weight is 411 g/mol. The molecule has 0 saturated heterocycles. The van der Waals surface area contributed by atoms with Gasteiger partial charge in [-0.25, -0.2) is 4.98 Å². The third-order valence-electron chi connectivity index (χ3n) is 3.28. The molecule has 0 aliphatic rings. The molecule has 1 aromatic carbocycles. The number of nitrogens with zero attached hydrogens (tertiary/aromatic N) is 2. The number of aryl methyl sites for hydroxylation is 2. The number of hydrogen-bond acceptors (Lipinski definition) is 4. The second-order valence-corrected chi connectivity index (χ2v) is 4.85. The number of fused-ring (bicyclic) bond motifs is 1. The fourth-order valence-electron chi connectivity index (χ4n) is 2.23. The molecule has 1 N–H and O–H groups in total. The first-order chi connectivity index (χ1) is 10.7. The quantitative estimate of drug-likeness (QED) is 0.451. The molecule has 0 atom stereocenters. The second kappa shape index (κ2) is 11.2. The van der Waals surface area contributed by atoms with E-state index >= 15 is 0 Å². The van der Waals surface area contributed by atoms with Gasteiger partial charge in [-0.05, 0) is 43.9 Å². The van der Waals surface area contributed by atoms with Crippen molar-refractivity contribution >= 4 is 17.3 Å². The predicted octanol–water partition coefficient (Wildman–Crippen LogP) is 2.70. The van der Waals surface area contributed by atoms with E-state index in [1.54, 1.807) is 4.57 Å². The Morgan fingerprint density at radius 3 is 2.52 bits per heavy atom. The van der Waals surface area contributed by atoms with Crippen LogP contribution in [0.5, 0.6) is 0 Å². The third-order valence-corrected chi connectivity index (χ3v) is 3.28. The molecule has 0 bridgehead atoms. The molecule has 0 spiro atoms. The Balaban J connectivity index is 0.00000155. The Morgan fingerprint density at radius 1 is 1.22 bits per heavy atom. The standard InChI is InChI=1S/C15H18N2O3.C2H6.Pd/c1-11-5-6-12-14(9-11)17(7-3-2-4-8-18)15(20)13(10-19)16-12;1-2;/h5-6,9-10,18H,2-4,7-8H2,1H3;1-2H3;. The molecule has 130 valence electrons. The number of aliphatic hydroxyl groups excluding tert-OH is 1. The van der Waals surface area contributed by atoms with Crippen molar-refractivity contribution in [2.45, 2.75) is 46.6 Å². The number of carbonyl (C=O) groups excluding carboxylic acids is 1. The van der Waals surface area contributed by atoms with Crippen molar-refractivity contribution in [3.8, 4) is 0 Å². The van der Waals surface area contributed by atoms with Crippen molar-refractivity contribution in [3.05, 3.63) is 39.8 Å². The number of aldehydes is 1. The molecule has 2 rings (SSSR count). The Hall–Kier alpha value is -1.35. The first-order valence-electron chi connectivity index (χ1n) is 7.74. The van der Waals surface area contributed by atoms with Crippen LogP contribution >= 0.6 is 0 Å². The van der Waals surface area contributed by atoms with Gasteiger partial charge in [0.1, 0.15) is 0 Å². The molecule has 1 heterocycles. The minimum atomic E-state index is -0.345. The van der Waals surface area contributed by atoms with Gasteiger partial charge in [0.15, 0.2) is 12.0 Å². The van der Waals surface area contributed by atoms with Crippen LogP contribution in [0.2, 0.25) is 0 Å². The van der Waals surface area contributed by atoms with Crippen molar-refractivity contribution < 1.29 is 30.3 Å². The number of aromatic nitrogens is 2. The fraction of sp³-hybridized carbons (Fsp3) is 0.471. The van der Waals surface area contributed by atoms with Gasteiger partial charge >= 0.3 is 0 Å². The SMILES string of the molecule is CC.Cc1ccc2nc(C=O)c(=O)n(CCCCCO)c2c1.[Pd]. The van der Waals surface area contributed by atoms with E-state index in [0.29, 0.717) is 18.3 Å².